The van der Waals surface area contributed by atoms with E-state index in [2.05, 4.69) is 15.4 Å². The highest BCUT2D eigenvalue weighted by Gasteiger charge is 2.16. The molecule has 1 amide bonds. The first-order chi connectivity index (χ1) is 8.58. The lowest BCUT2D eigenvalue weighted by molar-refractivity contribution is -0.114. The van der Waals surface area contributed by atoms with Crippen LogP contribution in [0.1, 0.15) is 12.1 Å². The van der Waals surface area contributed by atoms with E-state index in [9.17, 15) is 4.79 Å². The lowest BCUT2D eigenvalue weighted by atomic mass is 10.2. The Morgan fingerprint density at radius 3 is 2.94 bits per heavy atom. The van der Waals surface area contributed by atoms with Gasteiger partial charge < -0.3 is 11.1 Å². The van der Waals surface area contributed by atoms with Crippen molar-refractivity contribution in [2.24, 2.45) is 5.10 Å². The number of hydrogen-bond donors (Lipinski definition) is 2. The number of carbonyl (C=O) groups excluding carboxylic acids is 1. The van der Waals surface area contributed by atoms with Gasteiger partial charge in [0.1, 0.15) is 11.5 Å². The number of pyridine rings is 1. The van der Waals surface area contributed by atoms with Crippen molar-refractivity contribution in [1.82, 2.24) is 9.99 Å². The molecule has 0 saturated carbocycles. The lowest BCUT2D eigenvalue weighted by Crippen LogP contribution is -2.26. The van der Waals surface area contributed by atoms with E-state index in [-0.39, 0.29) is 5.91 Å². The van der Waals surface area contributed by atoms with Crippen molar-refractivity contribution in [3.63, 3.8) is 0 Å². The van der Waals surface area contributed by atoms with E-state index < -0.39 is 0 Å². The molecule has 3 N–H and O–H groups in total. The van der Waals surface area contributed by atoms with Crippen LogP contribution in [-0.2, 0) is 4.79 Å². The average Bonchev–Trinajstić information content (AvgIpc) is 2.33. The molecule has 0 saturated heterocycles. The molecule has 6 heteroatoms. The minimum absolute atomic E-state index is 0.205. The van der Waals surface area contributed by atoms with Crippen LogP contribution < -0.4 is 11.1 Å². The number of allylic oxidation sites excluding steroid dienone is 1. The monoisotopic (exact) mass is 245 g/mol. The number of hydrogen-bond acceptors (Lipinski definition) is 5. The number of hydrazone groups is 1. The maximum absolute atomic E-state index is 12.1. The molecule has 0 unspecified atom stereocenters. The molecule has 0 aromatic carbocycles. The molecule has 0 bridgehead atoms. The highest BCUT2D eigenvalue weighted by Crippen LogP contribution is 2.16. The van der Waals surface area contributed by atoms with E-state index in [0.717, 1.165) is 0 Å². The summed E-state index contributed by atoms with van der Waals surface area (Å²) in [6, 6.07) is 3.39. The van der Waals surface area contributed by atoms with Crippen molar-refractivity contribution < 1.29 is 4.79 Å². The Balaban J connectivity index is 2.14. The standard InChI is InChI=1S/C12H15N5O/c1-8-9(5-6-11(13)15-8)16-12(18)10-4-3-7-14-17(10)2/h4-7H,3H2,1-2H3,(H2,13,15)(H,16,18). The van der Waals surface area contributed by atoms with E-state index in [0.29, 0.717) is 29.3 Å². The van der Waals surface area contributed by atoms with Crippen LogP contribution in [0.4, 0.5) is 11.5 Å². The molecule has 1 aromatic rings. The Labute approximate surface area is 105 Å². The van der Waals surface area contributed by atoms with Crippen LogP contribution in [0.3, 0.4) is 0 Å². The van der Waals surface area contributed by atoms with Crippen LogP contribution in [-0.4, -0.2) is 29.2 Å². The molecule has 94 valence electrons. The third-order valence-corrected chi connectivity index (χ3v) is 2.61. The molecular weight excluding hydrogens is 230 g/mol. The third kappa shape index (κ3) is 2.48. The van der Waals surface area contributed by atoms with E-state index >= 15 is 0 Å². The summed E-state index contributed by atoms with van der Waals surface area (Å²) < 4.78 is 0. The van der Waals surface area contributed by atoms with Gasteiger partial charge >= 0.3 is 0 Å². The number of nitrogens with two attached hydrogens (primary N) is 1. The van der Waals surface area contributed by atoms with Crippen LogP contribution in [0.5, 0.6) is 0 Å². The van der Waals surface area contributed by atoms with Gasteiger partial charge in [-0.15, -0.1) is 0 Å². The van der Waals surface area contributed by atoms with Crippen molar-refractivity contribution in [2.75, 3.05) is 18.1 Å². The molecule has 0 spiro atoms. The first kappa shape index (κ1) is 12.1. The number of anilines is 2. The average molecular weight is 245 g/mol. The van der Waals surface area contributed by atoms with Crippen LogP contribution in [0, 0.1) is 6.92 Å². The van der Waals surface area contributed by atoms with E-state index in [4.69, 9.17) is 5.73 Å². The number of nitrogens with one attached hydrogen (secondary N) is 1. The zero-order chi connectivity index (χ0) is 13.1. The SMILES string of the molecule is Cc1nc(N)ccc1NC(=O)C1=CCC=NN1C. The van der Waals surface area contributed by atoms with Crippen molar-refractivity contribution in [1.29, 1.82) is 0 Å². The van der Waals surface area contributed by atoms with Gasteiger partial charge in [0.2, 0.25) is 0 Å². The first-order valence-corrected chi connectivity index (χ1v) is 5.58. The molecule has 0 radical (unpaired) electrons. The quantitative estimate of drug-likeness (QED) is 0.817. The molecular formula is C12H15N5O. The Kier molecular flexibility index (Phi) is 3.27. The zero-order valence-electron chi connectivity index (χ0n) is 10.3. The number of amides is 1. The maximum Gasteiger partial charge on any atom is 0.273 e. The predicted molar refractivity (Wildman–Crippen MR) is 71.0 cm³/mol. The maximum atomic E-state index is 12.1. The van der Waals surface area contributed by atoms with Crippen LogP contribution >= 0.6 is 0 Å². The fraction of sp³-hybridized carbons (Fsp3) is 0.250. The van der Waals surface area contributed by atoms with Gasteiger partial charge in [0.25, 0.3) is 5.91 Å². The molecule has 1 aromatic heterocycles. The summed E-state index contributed by atoms with van der Waals surface area (Å²) in [6.07, 6.45) is 4.22. The number of carbonyl (C=O) groups is 1. The topological polar surface area (TPSA) is 83.6 Å². The summed E-state index contributed by atoms with van der Waals surface area (Å²) >= 11 is 0. The smallest absolute Gasteiger partial charge is 0.273 e. The third-order valence-electron chi connectivity index (χ3n) is 2.61. The fourth-order valence-electron chi connectivity index (χ4n) is 1.67. The summed E-state index contributed by atoms with van der Waals surface area (Å²) in [6.45, 7) is 1.79. The number of likely N-dealkylation sites (N-methyl/N-ethyl adjacent to an activating group) is 1. The van der Waals surface area contributed by atoms with Gasteiger partial charge in [-0.25, -0.2) is 4.98 Å². The second-order valence-electron chi connectivity index (χ2n) is 3.97. The first-order valence-electron chi connectivity index (χ1n) is 5.58. The summed E-state index contributed by atoms with van der Waals surface area (Å²) in [5.74, 6) is 0.230. The van der Waals surface area contributed by atoms with E-state index in [1.54, 1.807) is 37.3 Å². The molecule has 2 heterocycles. The van der Waals surface area contributed by atoms with E-state index in [1.165, 1.54) is 0 Å². The highest BCUT2D eigenvalue weighted by molar-refractivity contribution is 6.04. The normalized spacial score (nSPS) is 14.3. The Hall–Kier alpha value is -2.37. The summed E-state index contributed by atoms with van der Waals surface area (Å²) in [4.78, 5) is 16.2. The number of nitrogens with zero attached hydrogens (tertiary/aromatic N) is 3. The lowest BCUT2D eigenvalue weighted by Gasteiger charge is -2.19. The number of nitrogen functional groups attached to an aromatic ring is 1. The highest BCUT2D eigenvalue weighted by atomic mass is 16.2. The van der Waals surface area contributed by atoms with Gasteiger partial charge in [-0.2, -0.15) is 5.10 Å². The number of rotatable bonds is 2. The summed E-state index contributed by atoms with van der Waals surface area (Å²) in [5, 5.41) is 8.39. The Morgan fingerprint density at radius 1 is 1.50 bits per heavy atom. The van der Waals surface area contributed by atoms with E-state index in [1.807, 2.05) is 6.08 Å². The van der Waals surface area contributed by atoms with Crippen molar-refractivity contribution in [3.8, 4) is 0 Å². The number of aryl methyl sites for hydroxylation is 1. The van der Waals surface area contributed by atoms with Gasteiger partial charge in [0.15, 0.2) is 0 Å². The van der Waals surface area contributed by atoms with Crippen LogP contribution in [0.25, 0.3) is 0 Å². The molecule has 18 heavy (non-hydrogen) atoms. The number of aromatic nitrogens is 1. The molecule has 1 aliphatic rings. The van der Waals surface area contributed by atoms with Gasteiger partial charge in [-0.1, -0.05) is 0 Å². The van der Waals surface area contributed by atoms with Crippen molar-refractivity contribution in [2.45, 2.75) is 13.3 Å². The van der Waals surface area contributed by atoms with Crippen molar-refractivity contribution >= 4 is 23.6 Å². The van der Waals surface area contributed by atoms with Crippen LogP contribution in [0.15, 0.2) is 29.0 Å². The summed E-state index contributed by atoms with van der Waals surface area (Å²) in [5.41, 5.74) is 7.42. The van der Waals surface area contributed by atoms with Gasteiger partial charge in [0, 0.05) is 19.7 Å². The second kappa shape index (κ2) is 4.87. The largest absolute Gasteiger partial charge is 0.384 e. The second-order valence-corrected chi connectivity index (χ2v) is 3.97. The molecule has 2 rings (SSSR count). The van der Waals surface area contributed by atoms with Gasteiger partial charge in [-0.05, 0) is 25.1 Å². The minimum Gasteiger partial charge on any atom is -0.384 e. The summed E-state index contributed by atoms with van der Waals surface area (Å²) in [7, 11) is 1.73. The molecule has 6 nitrogen and oxygen atoms in total. The van der Waals surface area contributed by atoms with Crippen LogP contribution in [0.2, 0.25) is 0 Å². The van der Waals surface area contributed by atoms with Gasteiger partial charge in [0.05, 0.1) is 11.4 Å². The Bertz CT molecular complexity index is 535. The molecule has 0 fully saturated rings. The Morgan fingerprint density at radius 2 is 2.28 bits per heavy atom. The molecule has 0 atom stereocenters. The van der Waals surface area contributed by atoms with Gasteiger partial charge in [-0.3, -0.25) is 9.80 Å². The van der Waals surface area contributed by atoms with Crippen molar-refractivity contribution in [3.05, 3.63) is 29.6 Å². The predicted octanol–water partition coefficient (Wildman–Crippen LogP) is 1.12. The fourth-order valence-corrected chi connectivity index (χ4v) is 1.67. The molecule has 0 aliphatic carbocycles. The minimum atomic E-state index is -0.205. The molecule has 1 aliphatic heterocycles. The zero-order valence-corrected chi connectivity index (χ0v) is 10.3.